The standard InChI is InChI=1S/C23H22ClN5O.C22H19Cl2N5O.C21H19Cl2N5O.C20H19ClN6O.C19H16Cl2N6O/c1-14-5-7-16(8-6-14)26-23(30)19-11-25-22-20(21(19)24)15(2)12-28(22)13-17-10-18-4-3-9-29(18)27-17;1-13-11-28(12-16-9-17-3-2-8-29(17)27-16)21-19(13)20(24)18(10-25-21)22(30)26-15-6-4-14(23)5-7-15;1-12-10-28(11-16-8-13(2)27(3)26-16)20-18(12)19(23)17(9-24-20)21(29)25-15-6-4-14(22)5-7-15;1-12-4-6-14(7-5-12)24-20(28)16-10-22-19-17(18(16)21)13(2)25-27(19)11-15-8-9-23-26(15)3;1-11-16-17(21)15(19(28)24-13-5-3-12(20)4-6-13)9-22-18(16)27(25-11)10-14-7-8-23-26(14)2/h5-8,10-12H,3-4,9,13H2,1-2H3,(H,26,30);4-7,9-11H,2-3,8,12H2,1H3,(H,26,30);4-10H,11H2,1-3H3,(H,25,29);4-10H,11H2,1-3H3,(H,24,28);3-9H,10H2,1-2H3,(H,24,28). The molecule has 0 unspecified atom stereocenters. The van der Waals surface area contributed by atoms with Gasteiger partial charge in [0.25, 0.3) is 29.5 Å². The van der Waals surface area contributed by atoms with Crippen molar-refractivity contribution < 1.29 is 24.0 Å². The molecule has 736 valence electrons. The predicted octanol–water partition coefficient (Wildman–Crippen LogP) is 22.7. The largest absolute Gasteiger partial charge is 0.326 e. The van der Waals surface area contributed by atoms with Crippen molar-refractivity contribution >= 4 is 206 Å². The number of carbonyl (C=O) groups is 5. The summed E-state index contributed by atoms with van der Waals surface area (Å²) in [6, 6.07) is 46.1. The normalized spacial score (nSPS) is 11.9. The number of aromatic nitrogens is 22. The van der Waals surface area contributed by atoms with Gasteiger partial charge in [0.1, 0.15) is 16.9 Å². The minimum Gasteiger partial charge on any atom is -0.326 e. The number of nitrogens with one attached hydrogen (secondary N) is 5. The molecular formula is C105H95Cl8N27O5. The van der Waals surface area contributed by atoms with Gasteiger partial charge in [0.05, 0.1) is 136 Å². The molecule has 15 aromatic heterocycles. The number of pyridine rings is 5. The molecule has 32 nitrogen and oxygen atoms in total. The number of anilines is 5. The Morgan fingerprint density at radius 1 is 0.317 bits per heavy atom. The summed E-state index contributed by atoms with van der Waals surface area (Å²) in [6.45, 7) is 20.4. The van der Waals surface area contributed by atoms with Gasteiger partial charge in [0, 0.05) is 173 Å². The second-order valence-electron chi connectivity index (χ2n) is 35.5. The van der Waals surface area contributed by atoms with Gasteiger partial charge < -0.3 is 40.3 Å². The molecule has 0 saturated carbocycles. The summed E-state index contributed by atoms with van der Waals surface area (Å²) in [6.07, 6.45) is 21.5. The van der Waals surface area contributed by atoms with E-state index in [9.17, 15) is 24.0 Å². The van der Waals surface area contributed by atoms with Gasteiger partial charge in [-0.25, -0.2) is 34.3 Å². The van der Waals surface area contributed by atoms with E-state index in [1.54, 1.807) is 110 Å². The molecule has 5 N–H and O–H groups in total. The fourth-order valence-electron chi connectivity index (χ4n) is 17.5. The number of halogens is 8. The molecule has 2 aliphatic heterocycles. The van der Waals surface area contributed by atoms with Crippen molar-refractivity contribution in [2.24, 2.45) is 21.1 Å². The predicted molar refractivity (Wildman–Crippen MR) is 570 cm³/mol. The summed E-state index contributed by atoms with van der Waals surface area (Å²) in [5, 5.41) is 52.9. The van der Waals surface area contributed by atoms with E-state index >= 15 is 0 Å². The van der Waals surface area contributed by atoms with Crippen LogP contribution in [0.4, 0.5) is 28.4 Å². The van der Waals surface area contributed by atoms with Crippen LogP contribution in [0, 0.1) is 55.4 Å². The first-order valence-corrected chi connectivity index (χ1v) is 49.2. The summed E-state index contributed by atoms with van der Waals surface area (Å²) in [5.74, 6) is -1.55. The molecule has 2 aliphatic rings. The van der Waals surface area contributed by atoms with Crippen LogP contribution in [0.25, 0.3) is 55.2 Å². The zero-order chi connectivity index (χ0) is 102. The number of benzene rings is 5. The first-order chi connectivity index (χ1) is 69.7. The van der Waals surface area contributed by atoms with Crippen molar-refractivity contribution in [2.75, 3.05) is 26.6 Å². The summed E-state index contributed by atoms with van der Waals surface area (Å²) < 4.78 is 19.2. The molecule has 0 saturated heterocycles. The molecule has 20 aromatic rings. The molecule has 0 spiro atoms. The third-order valence-electron chi connectivity index (χ3n) is 25.0. The molecule has 0 aliphatic carbocycles. The zero-order valence-electron chi connectivity index (χ0n) is 80.4. The molecule has 0 bridgehead atoms. The SMILES string of the molecule is Cc1ccc(NC(=O)c2cnc3c(c(C)cn3Cc3cc4n(n3)CCC4)c2Cl)cc1.Cc1ccc(NC(=O)c2cnc3c(c(C)nn3Cc3ccnn3C)c2Cl)cc1.Cc1cn(Cc2cc(C)n(C)n2)c2ncc(C(=O)Nc3ccc(Cl)cc3)c(Cl)c12.Cc1cn(Cc2cc3n(n2)CCC3)c2ncc(C(=O)Nc3ccc(Cl)cc3)c(Cl)c12.Cc1nn(Cc2ccnn2C)c2ncc(C(=O)Nc3ccc(Cl)cc3)c(Cl)c12. The lowest BCUT2D eigenvalue weighted by Gasteiger charge is -2.09. The van der Waals surface area contributed by atoms with Crippen LogP contribution in [0.15, 0.2) is 214 Å². The van der Waals surface area contributed by atoms with Crippen molar-refractivity contribution in [2.45, 2.75) is 127 Å². The van der Waals surface area contributed by atoms with Gasteiger partial charge in [-0.15, -0.1) is 0 Å². The lowest BCUT2D eigenvalue weighted by Crippen LogP contribution is -2.13. The first kappa shape index (κ1) is 100. The highest BCUT2D eigenvalue weighted by molar-refractivity contribution is 6.42. The van der Waals surface area contributed by atoms with Crippen LogP contribution in [0.2, 0.25) is 40.2 Å². The summed E-state index contributed by atoms with van der Waals surface area (Å²) in [7, 11) is 5.66. The topological polar surface area (TPSA) is 349 Å². The van der Waals surface area contributed by atoms with Crippen LogP contribution in [-0.4, -0.2) is 137 Å². The highest BCUT2D eigenvalue weighted by Gasteiger charge is 2.28. The fourth-order valence-corrected chi connectivity index (χ4v) is 19.7. The number of hydrogen-bond acceptors (Lipinski definition) is 17. The Morgan fingerprint density at radius 2 is 0.600 bits per heavy atom. The summed E-state index contributed by atoms with van der Waals surface area (Å²) >= 11 is 50.8. The summed E-state index contributed by atoms with van der Waals surface area (Å²) in [4.78, 5) is 86.3. The molecular weight excluding hydrogens is 2000 g/mol. The van der Waals surface area contributed by atoms with Gasteiger partial charge in [0.15, 0.2) is 11.3 Å². The van der Waals surface area contributed by atoms with Crippen LogP contribution >= 0.6 is 92.8 Å². The minimum absolute atomic E-state index is 0.268. The number of aryl methyl sites for hydroxylation is 15. The lowest BCUT2D eigenvalue weighted by molar-refractivity contribution is 0.101. The van der Waals surface area contributed by atoms with Crippen LogP contribution < -0.4 is 26.6 Å². The van der Waals surface area contributed by atoms with Crippen LogP contribution in [0.1, 0.15) is 149 Å². The molecule has 5 aromatic carbocycles. The van der Waals surface area contributed by atoms with Crippen molar-refractivity contribution in [3.8, 4) is 0 Å². The molecule has 0 fully saturated rings. The smallest absolute Gasteiger partial charge is 0.258 e. The van der Waals surface area contributed by atoms with Gasteiger partial charge in [-0.1, -0.05) is 128 Å². The Kier molecular flexibility index (Phi) is 29.7. The molecule has 145 heavy (non-hydrogen) atoms. The van der Waals surface area contributed by atoms with Gasteiger partial charge >= 0.3 is 0 Å². The molecule has 40 heteroatoms. The van der Waals surface area contributed by atoms with E-state index in [-0.39, 0.29) is 35.1 Å². The van der Waals surface area contributed by atoms with Crippen LogP contribution in [0.3, 0.4) is 0 Å². The Morgan fingerprint density at radius 3 is 0.876 bits per heavy atom. The summed E-state index contributed by atoms with van der Waals surface area (Å²) in [5.41, 5.74) is 23.6. The van der Waals surface area contributed by atoms with Crippen molar-refractivity contribution in [1.82, 2.24) is 107 Å². The quantitative estimate of drug-likeness (QED) is 0.0473. The van der Waals surface area contributed by atoms with Gasteiger partial charge in [-0.3, -0.25) is 47.4 Å². The van der Waals surface area contributed by atoms with Crippen molar-refractivity contribution in [3.63, 3.8) is 0 Å². The maximum atomic E-state index is 12.8. The van der Waals surface area contributed by atoms with E-state index in [4.69, 9.17) is 97.9 Å². The third-order valence-corrected chi connectivity index (χ3v) is 27.7. The molecule has 0 radical (unpaired) electrons. The zero-order valence-corrected chi connectivity index (χ0v) is 86.4. The third kappa shape index (κ3) is 22.0. The van der Waals surface area contributed by atoms with E-state index in [1.807, 2.05) is 176 Å². The van der Waals surface area contributed by atoms with Gasteiger partial charge in [-0.2, -0.15) is 35.7 Å². The minimum atomic E-state index is -0.347. The Bertz CT molecular complexity index is 7920. The van der Waals surface area contributed by atoms with Crippen LogP contribution in [0.5, 0.6) is 0 Å². The second-order valence-corrected chi connectivity index (χ2v) is 38.7. The van der Waals surface area contributed by atoms with Gasteiger partial charge in [-0.05, 0) is 225 Å². The highest BCUT2D eigenvalue weighted by atomic mass is 35.5. The second kappa shape index (κ2) is 43.0. The Balaban J connectivity index is 0.000000119. The van der Waals surface area contributed by atoms with E-state index in [2.05, 4.69) is 108 Å². The van der Waals surface area contributed by atoms with E-state index in [0.29, 0.717) is 146 Å². The lowest BCUT2D eigenvalue weighted by atomic mass is 10.1. The number of rotatable bonds is 20. The van der Waals surface area contributed by atoms with E-state index < -0.39 is 0 Å². The van der Waals surface area contributed by atoms with Crippen LogP contribution in [-0.2, 0) is 79.8 Å². The first-order valence-electron chi connectivity index (χ1n) is 46.2. The van der Waals surface area contributed by atoms with E-state index in [0.717, 1.165) is 139 Å². The number of hydrogen-bond donors (Lipinski definition) is 5. The van der Waals surface area contributed by atoms with Crippen molar-refractivity contribution in [1.29, 1.82) is 0 Å². The molecule has 22 rings (SSSR count). The fraction of sp³-hybridized carbons (Fsp3) is 0.210. The molecule has 17 heterocycles. The highest BCUT2D eigenvalue weighted by Crippen LogP contribution is 2.38. The maximum absolute atomic E-state index is 12.8. The molecule has 0 atom stereocenters. The van der Waals surface area contributed by atoms with Crippen molar-refractivity contribution in [3.05, 3.63) is 366 Å². The average molecular weight is 2100 g/mol. The Hall–Kier alpha value is -14.9. The molecule has 5 amide bonds. The monoisotopic (exact) mass is 2090 g/mol. The van der Waals surface area contributed by atoms with E-state index in [1.165, 1.54) is 42.6 Å². The number of fused-ring (bicyclic) bond motifs is 7. The number of nitrogens with zero attached hydrogens (tertiary/aromatic N) is 22. The maximum Gasteiger partial charge on any atom is 0.258 e. The average Bonchev–Trinajstić information content (AvgIpc) is 1.64. The number of carbonyl (C=O) groups excluding carboxylic acids is 5. The Labute approximate surface area is 871 Å². The number of amides is 5. The van der Waals surface area contributed by atoms with Gasteiger partial charge in [0.2, 0.25) is 0 Å².